The standard InChI is InChI=1S/C13H24O/c1-3-4-5-6-7-12-9-8-11(2)10-13(12)14/h11-12H,3-10H2,1-2H3/t11-,12+/m1/s1. The highest BCUT2D eigenvalue weighted by Gasteiger charge is 2.25. The maximum absolute atomic E-state index is 11.7. The lowest BCUT2D eigenvalue weighted by atomic mass is 9.79. The van der Waals surface area contributed by atoms with Crippen LogP contribution in [0.15, 0.2) is 0 Å². The maximum Gasteiger partial charge on any atom is 0.136 e. The second-order valence-electron chi connectivity index (χ2n) is 4.90. The molecule has 0 amide bonds. The third-order valence-corrected chi connectivity index (χ3v) is 3.42. The third kappa shape index (κ3) is 3.81. The number of carbonyl (C=O) groups excluding carboxylic acids is 1. The minimum atomic E-state index is 0.419. The molecule has 1 heteroatoms. The Labute approximate surface area is 88.3 Å². The van der Waals surface area contributed by atoms with Crippen molar-refractivity contribution in [2.75, 3.05) is 0 Å². The molecule has 0 N–H and O–H groups in total. The smallest absolute Gasteiger partial charge is 0.136 e. The minimum absolute atomic E-state index is 0.419. The van der Waals surface area contributed by atoms with Crippen molar-refractivity contribution < 1.29 is 4.79 Å². The number of carbonyl (C=O) groups is 1. The Morgan fingerprint density at radius 3 is 2.64 bits per heavy atom. The average molecular weight is 196 g/mol. The van der Waals surface area contributed by atoms with Gasteiger partial charge >= 0.3 is 0 Å². The van der Waals surface area contributed by atoms with Crippen molar-refractivity contribution in [2.24, 2.45) is 11.8 Å². The summed E-state index contributed by atoms with van der Waals surface area (Å²) < 4.78 is 0. The van der Waals surface area contributed by atoms with Gasteiger partial charge in [0.1, 0.15) is 5.78 Å². The summed E-state index contributed by atoms with van der Waals surface area (Å²) in [5, 5.41) is 0. The lowest BCUT2D eigenvalue weighted by Crippen LogP contribution is -2.23. The van der Waals surface area contributed by atoms with Crippen LogP contribution >= 0.6 is 0 Å². The fraction of sp³-hybridized carbons (Fsp3) is 0.923. The molecule has 1 rings (SSSR count). The molecule has 0 aliphatic heterocycles. The van der Waals surface area contributed by atoms with E-state index in [2.05, 4.69) is 13.8 Å². The zero-order valence-corrected chi connectivity index (χ0v) is 9.72. The van der Waals surface area contributed by atoms with Gasteiger partial charge in [0.15, 0.2) is 0 Å². The second kappa shape index (κ2) is 6.21. The second-order valence-corrected chi connectivity index (χ2v) is 4.90. The lowest BCUT2D eigenvalue weighted by Gasteiger charge is -2.24. The molecule has 1 nitrogen and oxygen atoms in total. The summed E-state index contributed by atoms with van der Waals surface area (Å²) in [5.41, 5.74) is 0. The van der Waals surface area contributed by atoms with E-state index in [0.29, 0.717) is 17.6 Å². The van der Waals surface area contributed by atoms with Crippen LogP contribution < -0.4 is 0 Å². The molecule has 0 aromatic rings. The number of hydrogen-bond acceptors (Lipinski definition) is 1. The van der Waals surface area contributed by atoms with Gasteiger partial charge in [0, 0.05) is 12.3 Å². The molecule has 0 aromatic carbocycles. The average Bonchev–Trinajstić information content (AvgIpc) is 2.15. The van der Waals surface area contributed by atoms with Gasteiger partial charge in [-0.25, -0.2) is 0 Å². The van der Waals surface area contributed by atoms with E-state index in [1.54, 1.807) is 0 Å². The number of rotatable bonds is 5. The van der Waals surface area contributed by atoms with Crippen molar-refractivity contribution in [1.82, 2.24) is 0 Å². The largest absolute Gasteiger partial charge is 0.299 e. The van der Waals surface area contributed by atoms with E-state index < -0.39 is 0 Å². The first-order valence-corrected chi connectivity index (χ1v) is 6.26. The fourth-order valence-electron chi connectivity index (χ4n) is 2.38. The zero-order chi connectivity index (χ0) is 10.4. The summed E-state index contributed by atoms with van der Waals surface area (Å²) in [6, 6.07) is 0. The van der Waals surface area contributed by atoms with E-state index in [-0.39, 0.29) is 0 Å². The maximum atomic E-state index is 11.7. The normalized spacial score (nSPS) is 28.0. The Kier molecular flexibility index (Phi) is 5.21. The van der Waals surface area contributed by atoms with Crippen molar-refractivity contribution in [3.05, 3.63) is 0 Å². The topological polar surface area (TPSA) is 17.1 Å². The van der Waals surface area contributed by atoms with Crippen LogP contribution in [0, 0.1) is 11.8 Å². The molecular formula is C13H24O. The summed E-state index contributed by atoms with van der Waals surface area (Å²) in [6.45, 7) is 4.43. The molecule has 1 saturated carbocycles. The Balaban J connectivity index is 2.14. The molecule has 0 aromatic heterocycles. The summed E-state index contributed by atoms with van der Waals surface area (Å²) in [5.74, 6) is 1.61. The predicted molar refractivity (Wildman–Crippen MR) is 60.3 cm³/mol. The molecule has 14 heavy (non-hydrogen) atoms. The first kappa shape index (κ1) is 11.7. The van der Waals surface area contributed by atoms with Crippen molar-refractivity contribution >= 4 is 5.78 Å². The van der Waals surface area contributed by atoms with Crippen LogP contribution in [0.2, 0.25) is 0 Å². The molecule has 0 spiro atoms. The van der Waals surface area contributed by atoms with Gasteiger partial charge in [-0.1, -0.05) is 39.5 Å². The molecule has 0 unspecified atom stereocenters. The Morgan fingerprint density at radius 1 is 1.21 bits per heavy atom. The van der Waals surface area contributed by atoms with E-state index in [1.165, 1.54) is 32.1 Å². The number of Topliss-reactive ketones (excluding diaryl/α,β-unsaturated/α-hetero) is 1. The summed E-state index contributed by atoms with van der Waals surface area (Å²) >= 11 is 0. The van der Waals surface area contributed by atoms with E-state index in [0.717, 1.165) is 19.3 Å². The highest BCUT2D eigenvalue weighted by molar-refractivity contribution is 5.81. The van der Waals surface area contributed by atoms with Crippen LogP contribution in [-0.4, -0.2) is 5.78 Å². The van der Waals surface area contributed by atoms with Gasteiger partial charge in [0.25, 0.3) is 0 Å². The highest BCUT2D eigenvalue weighted by Crippen LogP contribution is 2.28. The van der Waals surface area contributed by atoms with E-state index in [9.17, 15) is 4.79 Å². The van der Waals surface area contributed by atoms with Crippen LogP contribution in [0.1, 0.15) is 65.2 Å². The van der Waals surface area contributed by atoms with Gasteiger partial charge < -0.3 is 0 Å². The van der Waals surface area contributed by atoms with Crippen molar-refractivity contribution in [1.29, 1.82) is 0 Å². The van der Waals surface area contributed by atoms with Gasteiger partial charge in [0.05, 0.1) is 0 Å². The highest BCUT2D eigenvalue weighted by atomic mass is 16.1. The van der Waals surface area contributed by atoms with Crippen molar-refractivity contribution in [3.63, 3.8) is 0 Å². The first-order valence-electron chi connectivity index (χ1n) is 6.26. The zero-order valence-electron chi connectivity index (χ0n) is 9.72. The summed E-state index contributed by atoms with van der Waals surface area (Å²) in [7, 11) is 0. The first-order chi connectivity index (χ1) is 6.74. The monoisotopic (exact) mass is 196 g/mol. The summed E-state index contributed by atoms with van der Waals surface area (Å²) in [4.78, 5) is 11.7. The van der Waals surface area contributed by atoms with E-state index >= 15 is 0 Å². The van der Waals surface area contributed by atoms with Crippen molar-refractivity contribution in [2.45, 2.75) is 65.2 Å². The van der Waals surface area contributed by atoms with Gasteiger partial charge in [-0.3, -0.25) is 4.79 Å². The number of ketones is 1. The molecule has 1 aliphatic rings. The Hall–Kier alpha value is -0.330. The molecule has 0 heterocycles. The fourth-order valence-corrected chi connectivity index (χ4v) is 2.38. The van der Waals surface area contributed by atoms with Gasteiger partial charge in [-0.05, 0) is 25.2 Å². The van der Waals surface area contributed by atoms with Crippen LogP contribution in [0.3, 0.4) is 0 Å². The number of unbranched alkanes of at least 4 members (excludes halogenated alkanes) is 3. The third-order valence-electron chi connectivity index (χ3n) is 3.42. The van der Waals surface area contributed by atoms with Crippen LogP contribution in [0.4, 0.5) is 0 Å². The molecule has 0 saturated heterocycles. The van der Waals surface area contributed by atoms with Crippen LogP contribution in [0.5, 0.6) is 0 Å². The molecule has 1 aliphatic carbocycles. The molecule has 2 atom stereocenters. The molecular weight excluding hydrogens is 172 g/mol. The summed E-state index contributed by atoms with van der Waals surface area (Å²) in [6.07, 6.45) is 9.63. The SMILES string of the molecule is CCCCCC[C@H]1CC[C@@H](C)CC1=O. The lowest BCUT2D eigenvalue weighted by molar-refractivity contribution is -0.126. The number of hydrogen-bond donors (Lipinski definition) is 0. The molecule has 1 fully saturated rings. The van der Waals surface area contributed by atoms with Crippen LogP contribution in [0.25, 0.3) is 0 Å². The van der Waals surface area contributed by atoms with Gasteiger partial charge in [0.2, 0.25) is 0 Å². The Morgan fingerprint density at radius 2 is 2.00 bits per heavy atom. The quantitative estimate of drug-likeness (QED) is 0.608. The molecule has 0 radical (unpaired) electrons. The van der Waals surface area contributed by atoms with E-state index in [1.807, 2.05) is 0 Å². The van der Waals surface area contributed by atoms with Crippen molar-refractivity contribution in [3.8, 4) is 0 Å². The van der Waals surface area contributed by atoms with Gasteiger partial charge in [-0.2, -0.15) is 0 Å². The van der Waals surface area contributed by atoms with Crippen LogP contribution in [-0.2, 0) is 4.79 Å². The van der Waals surface area contributed by atoms with Gasteiger partial charge in [-0.15, -0.1) is 0 Å². The molecule has 82 valence electrons. The molecule has 0 bridgehead atoms. The predicted octanol–water partition coefficient (Wildman–Crippen LogP) is 3.96. The minimum Gasteiger partial charge on any atom is -0.299 e. The Bertz CT molecular complexity index is 174. The van der Waals surface area contributed by atoms with E-state index in [4.69, 9.17) is 0 Å².